The Hall–Kier alpha value is -0.810. The van der Waals surface area contributed by atoms with Gasteiger partial charge in [0.25, 0.3) is 5.91 Å². The van der Waals surface area contributed by atoms with E-state index in [1.807, 2.05) is 0 Å². The highest BCUT2D eigenvalue weighted by molar-refractivity contribution is 9.10. The van der Waals surface area contributed by atoms with Gasteiger partial charge in [-0.15, -0.1) is 0 Å². The van der Waals surface area contributed by atoms with E-state index in [1.54, 1.807) is 12.3 Å². The Morgan fingerprint density at radius 2 is 2.28 bits per heavy atom. The summed E-state index contributed by atoms with van der Waals surface area (Å²) in [6.07, 6.45) is 5.30. The third-order valence-electron chi connectivity index (χ3n) is 3.68. The van der Waals surface area contributed by atoms with Gasteiger partial charge < -0.3 is 15.4 Å². The summed E-state index contributed by atoms with van der Waals surface area (Å²) < 4.78 is 0.845. The number of hydrogen-bond donors (Lipinski definition) is 3. The topological polar surface area (TPSA) is 65.1 Å². The summed E-state index contributed by atoms with van der Waals surface area (Å²) in [5.74, 6) is 0.507. The number of hydrogen-bond acceptors (Lipinski definition) is 2. The molecule has 4 nitrogen and oxygen atoms in total. The molecule has 0 aromatic carbocycles. The van der Waals surface area contributed by atoms with Crippen molar-refractivity contribution in [2.75, 3.05) is 6.54 Å². The van der Waals surface area contributed by atoms with Gasteiger partial charge in [-0.3, -0.25) is 4.79 Å². The zero-order valence-corrected chi connectivity index (χ0v) is 12.1. The van der Waals surface area contributed by atoms with Gasteiger partial charge in [-0.05, 0) is 53.6 Å². The number of rotatable bonds is 3. The number of H-pyrrole nitrogens is 1. The number of nitrogens with one attached hydrogen (secondary N) is 2. The molecule has 0 radical (unpaired) electrons. The second kappa shape index (κ2) is 5.45. The first-order valence-corrected chi connectivity index (χ1v) is 7.12. The van der Waals surface area contributed by atoms with Crippen LogP contribution in [0.2, 0.25) is 0 Å². The summed E-state index contributed by atoms with van der Waals surface area (Å²) in [4.78, 5) is 14.7. The number of carbonyl (C=O) groups excluding carboxylic acids is 1. The minimum atomic E-state index is -0.730. The van der Waals surface area contributed by atoms with Crippen molar-refractivity contribution in [3.05, 3.63) is 22.4 Å². The van der Waals surface area contributed by atoms with E-state index in [9.17, 15) is 9.90 Å². The predicted octanol–water partition coefficient (Wildman–Crippen LogP) is 2.45. The lowest BCUT2D eigenvalue weighted by Gasteiger charge is -2.34. The van der Waals surface area contributed by atoms with Crippen LogP contribution in [0.1, 0.15) is 43.1 Å². The second-order valence-corrected chi connectivity index (χ2v) is 6.24. The molecule has 100 valence electrons. The highest BCUT2D eigenvalue weighted by atomic mass is 79.9. The number of aliphatic hydroxyl groups is 1. The summed E-state index contributed by atoms with van der Waals surface area (Å²) in [6, 6.07) is 1.72. The van der Waals surface area contributed by atoms with Crippen molar-refractivity contribution in [3.63, 3.8) is 0 Å². The van der Waals surface area contributed by atoms with Crippen LogP contribution in [-0.4, -0.2) is 28.1 Å². The summed E-state index contributed by atoms with van der Waals surface area (Å²) in [7, 11) is 0. The fraction of sp³-hybridized carbons (Fsp3) is 0.615. The molecule has 0 spiro atoms. The van der Waals surface area contributed by atoms with Gasteiger partial charge in [0.2, 0.25) is 0 Å². The van der Waals surface area contributed by atoms with Crippen LogP contribution in [0.4, 0.5) is 0 Å². The molecule has 0 bridgehead atoms. The van der Waals surface area contributed by atoms with Gasteiger partial charge in [0.1, 0.15) is 5.69 Å². The Morgan fingerprint density at radius 1 is 1.61 bits per heavy atom. The normalized spacial score (nSPS) is 28.1. The van der Waals surface area contributed by atoms with E-state index in [0.29, 0.717) is 18.2 Å². The summed E-state index contributed by atoms with van der Waals surface area (Å²) >= 11 is 3.28. The molecule has 0 atom stereocenters. The Bertz CT molecular complexity index is 422. The Morgan fingerprint density at radius 3 is 2.83 bits per heavy atom. The third-order valence-corrected chi connectivity index (χ3v) is 4.13. The van der Waals surface area contributed by atoms with Gasteiger partial charge in [-0.25, -0.2) is 0 Å². The molecule has 1 amide bonds. The van der Waals surface area contributed by atoms with E-state index in [1.165, 1.54) is 0 Å². The van der Waals surface area contributed by atoms with Crippen molar-refractivity contribution in [3.8, 4) is 0 Å². The van der Waals surface area contributed by atoms with Crippen molar-refractivity contribution < 1.29 is 9.90 Å². The molecule has 1 saturated carbocycles. The quantitative estimate of drug-likeness (QED) is 0.802. The molecular formula is C13H19BrN2O2. The van der Waals surface area contributed by atoms with Crippen LogP contribution < -0.4 is 5.32 Å². The van der Waals surface area contributed by atoms with E-state index in [-0.39, 0.29) is 5.91 Å². The Kier molecular flexibility index (Phi) is 4.12. The maximum atomic E-state index is 11.8. The van der Waals surface area contributed by atoms with Gasteiger partial charge in [0.15, 0.2) is 0 Å². The van der Waals surface area contributed by atoms with Gasteiger partial charge in [0, 0.05) is 17.2 Å². The molecule has 1 aromatic rings. The van der Waals surface area contributed by atoms with Gasteiger partial charge in [0.05, 0.1) is 5.60 Å². The van der Waals surface area contributed by atoms with Gasteiger partial charge in [-0.1, -0.05) is 6.92 Å². The summed E-state index contributed by atoms with van der Waals surface area (Å²) in [5.41, 5.74) is -0.221. The molecule has 2 rings (SSSR count). The molecule has 0 saturated heterocycles. The molecule has 1 aliphatic carbocycles. The second-order valence-electron chi connectivity index (χ2n) is 5.32. The maximum absolute atomic E-state index is 11.8. The van der Waals surface area contributed by atoms with Crippen LogP contribution in [0.15, 0.2) is 16.7 Å². The molecule has 1 aliphatic rings. The maximum Gasteiger partial charge on any atom is 0.267 e. The van der Waals surface area contributed by atoms with Gasteiger partial charge in [-0.2, -0.15) is 0 Å². The van der Waals surface area contributed by atoms with Crippen LogP contribution in [0.3, 0.4) is 0 Å². The third kappa shape index (κ3) is 3.36. The van der Waals surface area contributed by atoms with Gasteiger partial charge >= 0.3 is 0 Å². The lowest BCUT2D eigenvalue weighted by molar-refractivity contribution is -0.00543. The first-order valence-electron chi connectivity index (χ1n) is 6.33. The van der Waals surface area contributed by atoms with Crippen molar-refractivity contribution in [2.45, 2.75) is 38.2 Å². The average molecular weight is 315 g/mol. The van der Waals surface area contributed by atoms with Crippen molar-refractivity contribution in [1.29, 1.82) is 0 Å². The van der Waals surface area contributed by atoms with Crippen LogP contribution in [0.25, 0.3) is 0 Å². The first-order chi connectivity index (χ1) is 8.48. The summed E-state index contributed by atoms with van der Waals surface area (Å²) in [6.45, 7) is 2.53. The Balaban J connectivity index is 1.86. The van der Waals surface area contributed by atoms with E-state index >= 15 is 0 Å². The van der Waals surface area contributed by atoms with Crippen LogP contribution in [-0.2, 0) is 0 Å². The standard InChI is InChI=1S/C13H19BrN2O2/c1-9-2-4-13(18,5-3-9)8-16-12(17)11-6-10(14)7-15-11/h6-7,9,15,18H,2-5,8H2,1H3,(H,16,17). The van der Waals surface area contributed by atoms with E-state index in [2.05, 4.69) is 33.2 Å². The van der Waals surface area contributed by atoms with Crippen LogP contribution >= 0.6 is 15.9 Å². The zero-order chi connectivity index (χ0) is 13.2. The first kappa shape index (κ1) is 13.6. The largest absolute Gasteiger partial charge is 0.388 e. The highest BCUT2D eigenvalue weighted by Gasteiger charge is 2.32. The van der Waals surface area contributed by atoms with Crippen LogP contribution in [0, 0.1) is 5.92 Å². The number of halogens is 1. The lowest BCUT2D eigenvalue weighted by Crippen LogP contribution is -2.45. The highest BCUT2D eigenvalue weighted by Crippen LogP contribution is 2.31. The fourth-order valence-corrected chi connectivity index (χ4v) is 2.66. The SMILES string of the molecule is CC1CCC(O)(CNC(=O)c2cc(Br)c[nH]2)CC1. The average Bonchev–Trinajstić information content (AvgIpc) is 2.77. The molecular weight excluding hydrogens is 296 g/mol. The molecule has 3 N–H and O–H groups in total. The van der Waals surface area contributed by atoms with Crippen molar-refractivity contribution >= 4 is 21.8 Å². The molecule has 1 heterocycles. The van der Waals surface area contributed by atoms with Crippen molar-refractivity contribution in [1.82, 2.24) is 10.3 Å². The number of aromatic amines is 1. The lowest BCUT2D eigenvalue weighted by atomic mass is 9.79. The van der Waals surface area contributed by atoms with E-state index in [0.717, 1.165) is 30.2 Å². The van der Waals surface area contributed by atoms with Crippen molar-refractivity contribution in [2.24, 2.45) is 5.92 Å². The molecule has 1 fully saturated rings. The number of amides is 1. The minimum Gasteiger partial charge on any atom is -0.388 e. The smallest absolute Gasteiger partial charge is 0.267 e. The molecule has 0 unspecified atom stereocenters. The monoisotopic (exact) mass is 314 g/mol. The molecule has 1 aromatic heterocycles. The minimum absolute atomic E-state index is 0.173. The summed E-state index contributed by atoms with van der Waals surface area (Å²) in [5, 5.41) is 13.2. The predicted molar refractivity (Wildman–Crippen MR) is 73.4 cm³/mol. The van der Waals surface area contributed by atoms with Crippen LogP contribution in [0.5, 0.6) is 0 Å². The fourth-order valence-electron chi connectivity index (χ4n) is 2.32. The molecule has 0 aliphatic heterocycles. The van der Waals surface area contributed by atoms with E-state index in [4.69, 9.17) is 0 Å². The molecule has 5 heteroatoms. The van der Waals surface area contributed by atoms with E-state index < -0.39 is 5.60 Å². The number of aromatic nitrogens is 1. The number of carbonyl (C=O) groups is 1. The zero-order valence-electron chi connectivity index (χ0n) is 10.5. The Labute approximate surface area is 115 Å². The molecule has 18 heavy (non-hydrogen) atoms.